The van der Waals surface area contributed by atoms with Crippen molar-refractivity contribution in [2.45, 2.75) is 26.2 Å². The molecule has 1 nitrogen and oxygen atoms in total. The molecule has 0 atom stereocenters. The minimum absolute atomic E-state index is 0.0763. The van der Waals surface area contributed by atoms with Gasteiger partial charge in [-0.1, -0.05) is 118 Å². The second-order valence-corrected chi connectivity index (χ2v) is 13.7. The molecule has 0 aliphatic heterocycles. The van der Waals surface area contributed by atoms with E-state index in [1.165, 1.54) is 58.4 Å². The average molecular weight is 584 g/mol. The Morgan fingerprint density at radius 2 is 1.09 bits per heavy atom. The van der Waals surface area contributed by atoms with E-state index in [0.717, 1.165) is 17.1 Å². The minimum atomic E-state index is 0.0763. The summed E-state index contributed by atoms with van der Waals surface area (Å²) in [5.74, 6) is 0. The van der Waals surface area contributed by atoms with Gasteiger partial charge in [-0.3, -0.25) is 0 Å². The smallest absolute Gasteiger partial charge is 0.0462 e. The summed E-state index contributed by atoms with van der Waals surface area (Å²) in [4.78, 5) is 2.32. The highest BCUT2D eigenvalue weighted by Gasteiger charge is 2.19. The Balaban J connectivity index is 1.36. The molecule has 0 radical (unpaired) electrons. The molecular formula is C42H33NS. The van der Waals surface area contributed by atoms with Crippen molar-refractivity contribution in [3.8, 4) is 11.1 Å². The SMILES string of the molecule is CC(C)(C)c1ccc2c(c1)cc(-c1ccc(N(c3ccccc3)c3ccccc3)cc1)c1ccc3c4ccccc4sc3c12. The number of para-hydroxylation sites is 2. The molecule has 8 aromatic rings. The van der Waals surface area contributed by atoms with Gasteiger partial charge in [0, 0.05) is 42.6 Å². The van der Waals surface area contributed by atoms with Gasteiger partial charge in [-0.15, -0.1) is 11.3 Å². The minimum Gasteiger partial charge on any atom is -0.311 e. The van der Waals surface area contributed by atoms with Crippen LogP contribution in [0.2, 0.25) is 0 Å². The second-order valence-electron chi connectivity index (χ2n) is 12.6. The van der Waals surface area contributed by atoms with Crippen LogP contribution in [0.25, 0.3) is 52.8 Å². The molecule has 8 rings (SSSR count). The third-order valence-electron chi connectivity index (χ3n) is 8.79. The van der Waals surface area contributed by atoms with Crippen LogP contribution >= 0.6 is 11.3 Å². The number of benzene rings is 7. The Kier molecular flexibility index (Phi) is 6.29. The van der Waals surface area contributed by atoms with Gasteiger partial charge in [0.1, 0.15) is 0 Å². The van der Waals surface area contributed by atoms with E-state index in [9.17, 15) is 0 Å². The first-order valence-electron chi connectivity index (χ1n) is 15.3. The lowest BCUT2D eigenvalue weighted by Gasteiger charge is -2.25. The van der Waals surface area contributed by atoms with Crippen molar-refractivity contribution in [3.05, 3.63) is 151 Å². The highest BCUT2D eigenvalue weighted by molar-refractivity contribution is 7.26. The maximum atomic E-state index is 2.41. The van der Waals surface area contributed by atoms with Gasteiger partial charge in [0.15, 0.2) is 0 Å². The lowest BCUT2D eigenvalue weighted by Crippen LogP contribution is -2.10. The van der Waals surface area contributed by atoms with Crippen LogP contribution in [0, 0.1) is 0 Å². The van der Waals surface area contributed by atoms with E-state index in [1.54, 1.807) is 0 Å². The molecule has 44 heavy (non-hydrogen) atoms. The Morgan fingerprint density at radius 1 is 0.500 bits per heavy atom. The van der Waals surface area contributed by atoms with Crippen LogP contribution in [0.3, 0.4) is 0 Å². The van der Waals surface area contributed by atoms with Gasteiger partial charge in [0.25, 0.3) is 0 Å². The highest BCUT2D eigenvalue weighted by Crippen LogP contribution is 2.45. The zero-order valence-electron chi connectivity index (χ0n) is 25.2. The van der Waals surface area contributed by atoms with Gasteiger partial charge in [-0.2, -0.15) is 0 Å². The predicted molar refractivity (Wildman–Crippen MR) is 193 cm³/mol. The van der Waals surface area contributed by atoms with Crippen LogP contribution < -0.4 is 4.90 Å². The zero-order valence-corrected chi connectivity index (χ0v) is 26.0. The molecular weight excluding hydrogens is 551 g/mol. The Labute approximate surface area is 262 Å². The monoisotopic (exact) mass is 583 g/mol. The molecule has 2 heteroatoms. The number of nitrogens with zero attached hydrogens (tertiary/aromatic N) is 1. The summed E-state index contributed by atoms with van der Waals surface area (Å²) < 4.78 is 2.71. The van der Waals surface area contributed by atoms with Gasteiger partial charge in [0.05, 0.1) is 0 Å². The fraction of sp³-hybridized carbons (Fsp3) is 0.0952. The first kappa shape index (κ1) is 26.7. The molecule has 0 unspecified atom stereocenters. The number of hydrogen-bond acceptors (Lipinski definition) is 2. The van der Waals surface area contributed by atoms with Gasteiger partial charge in [0.2, 0.25) is 0 Å². The lowest BCUT2D eigenvalue weighted by atomic mass is 9.84. The molecule has 0 bridgehead atoms. The van der Waals surface area contributed by atoms with Crippen LogP contribution in [-0.2, 0) is 5.41 Å². The Bertz CT molecular complexity index is 2250. The molecule has 0 fully saturated rings. The van der Waals surface area contributed by atoms with Crippen LogP contribution in [-0.4, -0.2) is 0 Å². The van der Waals surface area contributed by atoms with Crippen molar-refractivity contribution in [2.75, 3.05) is 4.90 Å². The predicted octanol–water partition coefficient (Wildman–Crippen LogP) is 12.8. The molecule has 0 aliphatic rings. The topological polar surface area (TPSA) is 3.24 Å². The molecule has 0 saturated carbocycles. The Morgan fingerprint density at radius 3 is 1.77 bits per heavy atom. The van der Waals surface area contributed by atoms with Crippen molar-refractivity contribution in [2.24, 2.45) is 0 Å². The van der Waals surface area contributed by atoms with Crippen molar-refractivity contribution in [1.82, 2.24) is 0 Å². The largest absolute Gasteiger partial charge is 0.311 e. The van der Waals surface area contributed by atoms with Crippen molar-refractivity contribution >= 4 is 70.1 Å². The van der Waals surface area contributed by atoms with Crippen LogP contribution in [0.15, 0.2) is 146 Å². The fourth-order valence-corrected chi connectivity index (χ4v) is 7.78. The molecule has 0 saturated heterocycles. The summed E-state index contributed by atoms with van der Waals surface area (Å²) in [5, 5.41) is 7.96. The van der Waals surface area contributed by atoms with E-state index in [4.69, 9.17) is 0 Å². The standard InChI is InChI=1S/C42H33NS/c1-42(2,3)30-20-23-34-29(26-30)27-38(36-24-25-37-35-16-10-11-17-39(35)44-41(37)40(34)36)28-18-21-33(22-19-28)43(31-12-6-4-7-13-31)32-14-8-5-9-15-32/h4-27H,1-3H3. The molecule has 0 N–H and O–H groups in total. The number of thiophene rings is 1. The Hall–Kier alpha value is -4.92. The maximum absolute atomic E-state index is 2.41. The van der Waals surface area contributed by atoms with E-state index in [1.807, 2.05) is 11.3 Å². The molecule has 212 valence electrons. The molecule has 0 amide bonds. The molecule has 7 aromatic carbocycles. The van der Waals surface area contributed by atoms with E-state index in [2.05, 4.69) is 171 Å². The van der Waals surface area contributed by atoms with Crippen LogP contribution in [0.5, 0.6) is 0 Å². The molecule has 0 aliphatic carbocycles. The van der Waals surface area contributed by atoms with E-state index < -0.39 is 0 Å². The van der Waals surface area contributed by atoms with E-state index in [-0.39, 0.29) is 5.41 Å². The first-order chi connectivity index (χ1) is 21.5. The fourth-order valence-electron chi connectivity index (χ4n) is 6.52. The average Bonchev–Trinajstić information content (AvgIpc) is 3.44. The molecule has 1 heterocycles. The zero-order chi connectivity index (χ0) is 29.8. The summed E-state index contributed by atoms with van der Waals surface area (Å²) in [7, 11) is 0. The lowest BCUT2D eigenvalue weighted by molar-refractivity contribution is 0.591. The van der Waals surface area contributed by atoms with Gasteiger partial charge in [-0.25, -0.2) is 0 Å². The van der Waals surface area contributed by atoms with Gasteiger partial charge < -0.3 is 4.90 Å². The van der Waals surface area contributed by atoms with E-state index in [0.29, 0.717) is 0 Å². The third-order valence-corrected chi connectivity index (χ3v) is 9.99. The van der Waals surface area contributed by atoms with Crippen molar-refractivity contribution in [3.63, 3.8) is 0 Å². The quantitative estimate of drug-likeness (QED) is 0.186. The summed E-state index contributed by atoms with van der Waals surface area (Å²) in [6.07, 6.45) is 0. The number of rotatable bonds is 4. The maximum Gasteiger partial charge on any atom is 0.0462 e. The summed E-state index contributed by atoms with van der Waals surface area (Å²) >= 11 is 1.91. The number of hydrogen-bond donors (Lipinski definition) is 0. The van der Waals surface area contributed by atoms with E-state index >= 15 is 0 Å². The number of anilines is 3. The van der Waals surface area contributed by atoms with Crippen molar-refractivity contribution in [1.29, 1.82) is 0 Å². The normalized spacial score (nSPS) is 12.0. The molecule has 0 spiro atoms. The molecule has 1 aromatic heterocycles. The van der Waals surface area contributed by atoms with Crippen LogP contribution in [0.4, 0.5) is 17.1 Å². The third kappa shape index (κ3) is 4.46. The van der Waals surface area contributed by atoms with Crippen LogP contribution in [0.1, 0.15) is 26.3 Å². The highest BCUT2D eigenvalue weighted by atomic mass is 32.1. The first-order valence-corrected chi connectivity index (χ1v) is 16.1. The number of fused-ring (bicyclic) bond motifs is 7. The summed E-state index contributed by atoms with van der Waals surface area (Å²) in [6, 6.07) is 53.3. The van der Waals surface area contributed by atoms with Crippen molar-refractivity contribution < 1.29 is 0 Å². The summed E-state index contributed by atoms with van der Waals surface area (Å²) in [5.41, 5.74) is 7.36. The van der Waals surface area contributed by atoms with Gasteiger partial charge >= 0.3 is 0 Å². The summed E-state index contributed by atoms with van der Waals surface area (Å²) in [6.45, 7) is 6.89. The second kappa shape index (κ2) is 10.4. The van der Waals surface area contributed by atoms with Gasteiger partial charge in [-0.05, 0) is 86.8 Å².